The van der Waals surface area contributed by atoms with E-state index >= 15 is 0 Å². The first-order valence-electron chi connectivity index (χ1n) is 3.47. The first kappa shape index (κ1) is 8.15. The molecule has 0 aliphatic carbocycles. The molecule has 0 aromatic heterocycles. The lowest BCUT2D eigenvalue weighted by Crippen LogP contribution is -1.78. The maximum absolute atomic E-state index is 11.4. The lowest BCUT2D eigenvalue weighted by Gasteiger charge is -1.92. The maximum atomic E-state index is 11.4. The molecule has 0 aromatic rings. The minimum Gasteiger partial charge on any atom is -0.251 e. The third-order valence-corrected chi connectivity index (χ3v) is 1.94. The van der Waals surface area contributed by atoms with Gasteiger partial charge < -0.3 is 0 Å². The van der Waals surface area contributed by atoms with Crippen molar-refractivity contribution in [3.63, 3.8) is 0 Å². The zero-order chi connectivity index (χ0) is 6.24. The molecule has 0 N–H and O–H groups in total. The van der Waals surface area contributed by atoms with Crippen molar-refractivity contribution in [3.05, 3.63) is 0 Å². The van der Waals surface area contributed by atoms with Crippen LogP contribution in [0.1, 0.15) is 25.7 Å². The SMILES string of the molecule is FCCCCCC[SiH3]. The minimum absolute atomic E-state index is 0.124. The summed E-state index contributed by atoms with van der Waals surface area (Å²) in [5, 5.41) is 0. The minimum atomic E-state index is -0.124. The van der Waals surface area contributed by atoms with Crippen LogP contribution in [0.4, 0.5) is 4.39 Å². The van der Waals surface area contributed by atoms with E-state index in [-0.39, 0.29) is 6.67 Å². The molecule has 0 unspecified atom stereocenters. The molecule has 0 spiro atoms. The topological polar surface area (TPSA) is 0 Å². The number of alkyl halides is 1. The maximum Gasteiger partial charge on any atom is 0.0894 e. The van der Waals surface area contributed by atoms with Crippen LogP contribution in [0.15, 0.2) is 0 Å². The summed E-state index contributed by atoms with van der Waals surface area (Å²) in [4.78, 5) is 0. The first-order valence-corrected chi connectivity index (χ1v) is 4.89. The van der Waals surface area contributed by atoms with Crippen LogP contribution in [0.25, 0.3) is 0 Å². The molecule has 0 saturated heterocycles. The zero-order valence-electron chi connectivity index (χ0n) is 5.62. The van der Waals surface area contributed by atoms with E-state index in [1.807, 2.05) is 0 Å². The molecule has 0 aromatic carbocycles. The van der Waals surface area contributed by atoms with Crippen LogP contribution >= 0.6 is 0 Å². The van der Waals surface area contributed by atoms with E-state index in [0.29, 0.717) is 0 Å². The quantitative estimate of drug-likeness (QED) is 0.393. The fourth-order valence-electron chi connectivity index (χ4n) is 0.698. The van der Waals surface area contributed by atoms with Gasteiger partial charge in [-0.15, -0.1) is 0 Å². The van der Waals surface area contributed by atoms with Gasteiger partial charge in [0, 0.05) is 10.2 Å². The zero-order valence-corrected chi connectivity index (χ0v) is 7.62. The Morgan fingerprint density at radius 3 is 2.12 bits per heavy atom. The summed E-state index contributed by atoms with van der Waals surface area (Å²) in [5.74, 6) is 0. The van der Waals surface area contributed by atoms with Crippen LogP contribution in [0.3, 0.4) is 0 Å². The van der Waals surface area contributed by atoms with Gasteiger partial charge in [0.2, 0.25) is 0 Å². The highest BCUT2D eigenvalue weighted by Gasteiger charge is 1.85. The van der Waals surface area contributed by atoms with Gasteiger partial charge in [-0.1, -0.05) is 25.3 Å². The molecule has 0 nitrogen and oxygen atoms in total. The summed E-state index contributed by atoms with van der Waals surface area (Å²) in [6, 6.07) is 1.38. The molecule has 0 bridgehead atoms. The molecule has 2 heteroatoms. The van der Waals surface area contributed by atoms with Gasteiger partial charge in [-0.3, -0.25) is 4.39 Å². The third kappa shape index (κ3) is 6.15. The molecule has 8 heavy (non-hydrogen) atoms. The Balaban J connectivity index is 2.53. The van der Waals surface area contributed by atoms with Gasteiger partial charge >= 0.3 is 0 Å². The van der Waals surface area contributed by atoms with Crippen LogP contribution in [-0.4, -0.2) is 16.9 Å². The van der Waals surface area contributed by atoms with E-state index in [4.69, 9.17) is 0 Å². The normalized spacial score (nSPS) is 10.1. The summed E-state index contributed by atoms with van der Waals surface area (Å²) in [7, 11) is 1.31. The Labute approximate surface area is 53.9 Å². The molecular formula is C6H15FSi. The Morgan fingerprint density at radius 1 is 1.00 bits per heavy atom. The van der Waals surface area contributed by atoms with Gasteiger partial charge in [0.25, 0.3) is 0 Å². The molecule has 50 valence electrons. The van der Waals surface area contributed by atoms with E-state index in [0.717, 1.165) is 12.8 Å². The molecule has 0 amide bonds. The molecule has 0 rings (SSSR count). The lowest BCUT2D eigenvalue weighted by atomic mass is 10.2. The summed E-state index contributed by atoms with van der Waals surface area (Å²) in [5.41, 5.74) is 0. The molecule has 0 fully saturated rings. The second kappa shape index (κ2) is 7.15. The predicted molar refractivity (Wildman–Crippen MR) is 39.2 cm³/mol. The van der Waals surface area contributed by atoms with Crippen molar-refractivity contribution < 1.29 is 4.39 Å². The molecule has 0 heterocycles. The van der Waals surface area contributed by atoms with Crippen molar-refractivity contribution in [2.45, 2.75) is 31.7 Å². The summed E-state index contributed by atoms with van der Waals surface area (Å²) in [6.45, 7) is -0.124. The Hall–Kier alpha value is 0.147. The van der Waals surface area contributed by atoms with Crippen molar-refractivity contribution in [1.29, 1.82) is 0 Å². The Kier molecular flexibility index (Phi) is 7.28. The second-order valence-electron chi connectivity index (χ2n) is 2.10. The van der Waals surface area contributed by atoms with Gasteiger partial charge in [0.1, 0.15) is 0 Å². The Bertz CT molecular complexity index is 33.5. The monoisotopic (exact) mass is 134 g/mol. The van der Waals surface area contributed by atoms with Crippen molar-refractivity contribution in [2.24, 2.45) is 0 Å². The molecule has 0 aliphatic heterocycles. The second-order valence-corrected chi connectivity index (χ2v) is 3.10. The number of hydrogen-bond acceptors (Lipinski definition) is 0. The van der Waals surface area contributed by atoms with Crippen molar-refractivity contribution >= 4 is 10.2 Å². The Morgan fingerprint density at radius 2 is 1.62 bits per heavy atom. The van der Waals surface area contributed by atoms with Crippen LogP contribution in [0.2, 0.25) is 6.04 Å². The lowest BCUT2D eigenvalue weighted by molar-refractivity contribution is 0.455. The van der Waals surface area contributed by atoms with Crippen LogP contribution in [-0.2, 0) is 0 Å². The summed E-state index contributed by atoms with van der Waals surface area (Å²) in [6.07, 6.45) is 4.44. The van der Waals surface area contributed by atoms with E-state index < -0.39 is 0 Å². The highest BCUT2D eigenvalue weighted by molar-refractivity contribution is 6.08. The van der Waals surface area contributed by atoms with Crippen LogP contribution < -0.4 is 0 Å². The fraction of sp³-hybridized carbons (Fsp3) is 1.00. The van der Waals surface area contributed by atoms with E-state index in [1.54, 1.807) is 0 Å². The number of halogens is 1. The van der Waals surface area contributed by atoms with Crippen molar-refractivity contribution in [3.8, 4) is 0 Å². The predicted octanol–water partition coefficient (Wildman–Crippen LogP) is 1.30. The van der Waals surface area contributed by atoms with E-state index in [2.05, 4.69) is 0 Å². The standard InChI is InChI=1S/C6H15FSi/c7-5-3-1-2-4-6-8/h1-6H2,8H3. The largest absolute Gasteiger partial charge is 0.251 e. The molecular weight excluding hydrogens is 119 g/mol. The molecule has 0 saturated carbocycles. The van der Waals surface area contributed by atoms with Gasteiger partial charge in [-0.2, -0.15) is 0 Å². The van der Waals surface area contributed by atoms with Gasteiger partial charge in [0.15, 0.2) is 0 Å². The van der Waals surface area contributed by atoms with Gasteiger partial charge in [-0.05, 0) is 6.42 Å². The van der Waals surface area contributed by atoms with Crippen LogP contribution in [0.5, 0.6) is 0 Å². The highest BCUT2D eigenvalue weighted by atomic mass is 28.1. The van der Waals surface area contributed by atoms with Crippen molar-refractivity contribution in [2.75, 3.05) is 6.67 Å². The average molecular weight is 134 g/mol. The summed E-state index contributed by atoms with van der Waals surface area (Å²) < 4.78 is 11.4. The molecule has 0 radical (unpaired) electrons. The van der Waals surface area contributed by atoms with Gasteiger partial charge in [-0.25, -0.2) is 0 Å². The first-order chi connectivity index (χ1) is 3.91. The fourth-order valence-corrected chi connectivity index (χ4v) is 1.20. The number of rotatable bonds is 5. The van der Waals surface area contributed by atoms with E-state index in [9.17, 15) is 4.39 Å². The van der Waals surface area contributed by atoms with Gasteiger partial charge in [0.05, 0.1) is 6.67 Å². The van der Waals surface area contributed by atoms with E-state index in [1.165, 1.54) is 29.1 Å². The van der Waals surface area contributed by atoms with Crippen LogP contribution in [0, 0.1) is 0 Å². The number of unbranched alkanes of at least 4 members (excludes halogenated alkanes) is 3. The molecule has 0 atom stereocenters. The third-order valence-electron chi connectivity index (χ3n) is 1.24. The summed E-state index contributed by atoms with van der Waals surface area (Å²) >= 11 is 0. The average Bonchev–Trinajstić information content (AvgIpc) is 1.81. The smallest absolute Gasteiger partial charge is 0.0894 e. The van der Waals surface area contributed by atoms with Crippen molar-refractivity contribution in [1.82, 2.24) is 0 Å². The number of hydrogen-bond donors (Lipinski definition) is 0. The molecule has 0 aliphatic rings. The highest BCUT2D eigenvalue weighted by Crippen LogP contribution is 2.00.